The van der Waals surface area contributed by atoms with Crippen molar-refractivity contribution in [3.63, 3.8) is 0 Å². The van der Waals surface area contributed by atoms with E-state index in [1.54, 1.807) is 0 Å². The quantitative estimate of drug-likeness (QED) is 0.655. The first-order chi connectivity index (χ1) is 6.83. The summed E-state index contributed by atoms with van der Waals surface area (Å²) in [6.07, 6.45) is 5.72. The van der Waals surface area contributed by atoms with Gasteiger partial charge in [0.25, 0.3) is 0 Å². The molecule has 1 aromatic rings. The van der Waals surface area contributed by atoms with Crippen LogP contribution in [0.4, 0.5) is 0 Å². The minimum absolute atomic E-state index is 0.385. The maximum atomic E-state index is 11.2. The van der Waals surface area contributed by atoms with Crippen molar-refractivity contribution < 1.29 is 4.79 Å². The number of ketones is 1. The molecule has 0 N–H and O–H groups in total. The molecule has 0 fully saturated rings. The second kappa shape index (κ2) is 2.81. The fourth-order valence-corrected chi connectivity index (χ4v) is 2.09. The van der Waals surface area contributed by atoms with E-state index in [4.69, 9.17) is 0 Å². The summed E-state index contributed by atoms with van der Waals surface area (Å²) in [5, 5.41) is 0. The van der Waals surface area contributed by atoms with E-state index in [0.717, 1.165) is 19.3 Å². The Labute approximate surface area is 83.4 Å². The van der Waals surface area contributed by atoms with Crippen molar-refractivity contribution in [3.05, 3.63) is 41.0 Å². The third-order valence-corrected chi connectivity index (χ3v) is 3.05. The molecular weight excluding hydrogens is 172 g/mol. The van der Waals surface area contributed by atoms with Gasteiger partial charge in [-0.25, -0.2) is 0 Å². The first-order valence-electron chi connectivity index (χ1n) is 5.16. The molecule has 1 nitrogen and oxygen atoms in total. The number of aryl methyl sites for hydroxylation is 1. The number of hydrogen-bond donors (Lipinski definition) is 0. The van der Waals surface area contributed by atoms with Crippen LogP contribution in [-0.4, -0.2) is 5.78 Å². The van der Waals surface area contributed by atoms with Crippen molar-refractivity contribution in [2.75, 3.05) is 0 Å². The van der Waals surface area contributed by atoms with E-state index < -0.39 is 0 Å². The van der Waals surface area contributed by atoms with Crippen molar-refractivity contribution in [1.82, 2.24) is 0 Å². The van der Waals surface area contributed by atoms with Crippen LogP contribution in [0.25, 0.3) is 5.57 Å². The second-order valence-electron chi connectivity index (χ2n) is 4.13. The molecule has 0 unspecified atom stereocenters. The van der Waals surface area contributed by atoms with Gasteiger partial charge in [0.15, 0.2) is 0 Å². The molecule has 0 amide bonds. The van der Waals surface area contributed by atoms with Crippen LogP contribution < -0.4 is 0 Å². The zero-order valence-corrected chi connectivity index (χ0v) is 8.05. The minimum atomic E-state index is 0.385. The Morgan fingerprint density at radius 3 is 2.71 bits per heavy atom. The van der Waals surface area contributed by atoms with Crippen LogP contribution in [0.3, 0.4) is 0 Å². The lowest BCUT2D eigenvalue weighted by Crippen LogP contribution is -2.13. The highest BCUT2D eigenvalue weighted by molar-refractivity contribution is 5.84. The first-order valence-corrected chi connectivity index (χ1v) is 5.16. The van der Waals surface area contributed by atoms with E-state index >= 15 is 0 Å². The lowest BCUT2D eigenvalue weighted by molar-refractivity contribution is -0.118. The Hall–Kier alpha value is -1.37. The molecule has 0 saturated heterocycles. The Bertz CT molecular complexity index is 441. The summed E-state index contributed by atoms with van der Waals surface area (Å²) in [6.45, 7) is 0. The van der Waals surface area contributed by atoms with Gasteiger partial charge in [0.2, 0.25) is 0 Å². The zero-order valence-electron chi connectivity index (χ0n) is 8.05. The second-order valence-corrected chi connectivity index (χ2v) is 4.13. The molecule has 1 heteroatoms. The maximum Gasteiger partial charge on any atom is 0.137 e. The lowest BCUT2D eigenvalue weighted by Gasteiger charge is -2.15. The number of hydrogen-bond acceptors (Lipinski definition) is 1. The summed E-state index contributed by atoms with van der Waals surface area (Å²) in [5.41, 5.74) is 5.45. The predicted octanol–water partition coefficient (Wildman–Crippen LogP) is 2.53. The molecule has 2 aliphatic carbocycles. The van der Waals surface area contributed by atoms with Crippen LogP contribution >= 0.6 is 0 Å². The van der Waals surface area contributed by atoms with Crippen LogP contribution in [0.15, 0.2) is 24.3 Å². The number of carbonyl (C=O) groups excluding carboxylic acids is 1. The number of allylic oxidation sites excluding steroid dienone is 2. The van der Waals surface area contributed by atoms with Gasteiger partial charge in [-0.2, -0.15) is 0 Å². The van der Waals surface area contributed by atoms with Gasteiger partial charge in [-0.3, -0.25) is 4.79 Å². The summed E-state index contributed by atoms with van der Waals surface area (Å²) in [6, 6.07) is 6.54. The maximum absolute atomic E-state index is 11.2. The number of rotatable bonds is 1. The minimum Gasteiger partial charge on any atom is -0.299 e. The van der Waals surface area contributed by atoms with Gasteiger partial charge in [0.1, 0.15) is 5.78 Å². The summed E-state index contributed by atoms with van der Waals surface area (Å²) < 4.78 is 0. The Morgan fingerprint density at radius 1 is 1.07 bits per heavy atom. The van der Waals surface area contributed by atoms with Gasteiger partial charge in [-0.05, 0) is 35.1 Å². The predicted molar refractivity (Wildman–Crippen MR) is 56.1 cm³/mol. The zero-order chi connectivity index (χ0) is 9.54. The molecule has 0 spiro atoms. The molecular formula is C13H12O. The van der Waals surface area contributed by atoms with Gasteiger partial charge in [0, 0.05) is 12.8 Å². The highest BCUT2D eigenvalue weighted by Crippen LogP contribution is 2.32. The number of Topliss-reactive ketones (excluding diaryl/α,β-unsaturated/α-hetero) is 1. The summed E-state index contributed by atoms with van der Waals surface area (Å²) in [4.78, 5) is 11.2. The molecule has 2 aliphatic rings. The molecule has 0 aliphatic heterocycles. The average molecular weight is 184 g/mol. The molecule has 1 aromatic carbocycles. The third kappa shape index (κ3) is 1.29. The van der Waals surface area contributed by atoms with Crippen LogP contribution in [0, 0.1) is 0 Å². The molecule has 0 saturated carbocycles. The molecule has 0 bridgehead atoms. The average Bonchev–Trinajstić information content (AvgIpc) is 3.00. The van der Waals surface area contributed by atoms with E-state index in [0.29, 0.717) is 12.2 Å². The molecule has 70 valence electrons. The normalized spacial score (nSPS) is 18.9. The molecule has 3 rings (SSSR count). The largest absolute Gasteiger partial charge is 0.299 e. The van der Waals surface area contributed by atoms with E-state index in [-0.39, 0.29) is 0 Å². The summed E-state index contributed by atoms with van der Waals surface area (Å²) in [7, 11) is 0. The van der Waals surface area contributed by atoms with Gasteiger partial charge < -0.3 is 0 Å². The third-order valence-electron chi connectivity index (χ3n) is 3.05. The topological polar surface area (TPSA) is 17.1 Å². The smallest absolute Gasteiger partial charge is 0.137 e. The van der Waals surface area contributed by atoms with E-state index in [9.17, 15) is 4.79 Å². The van der Waals surface area contributed by atoms with Crippen LogP contribution in [-0.2, 0) is 17.6 Å². The fourth-order valence-electron chi connectivity index (χ4n) is 2.09. The van der Waals surface area contributed by atoms with Gasteiger partial charge in [-0.1, -0.05) is 24.3 Å². The SMILES string of the molecule is O=C1CCc2cc(C3=CC3)ccc2C1. The van der Waals surface area contributed by atoms with Gasteiger partial charge >= 0.3 is 0 Å². The Morgan fingerprint density at radius 2 is 1.93 bits per heavy atom. The Balaban J connectivity index is 2.02. The first kappa shape index (κ1) is 7.98. The number of fused-ring (bicyclic) bond motifs is 1. The highest BCUT2D eigenvalue weighted by Gasteiger charge is 2.17. The standard InChI is InChI=1S/C13H12O/c14-13-6-5-11-7-10(9-1-2-9)3-4-12(11)8-13/h1,3-4,7H,2,5-6,8H2. The van der Waals surface area contributed by atoms with Crippen molar-refractivity contribution in [2.45, 2.75) is 25.7 Å². The highest BCUT2D eigenvalue weighted by atomic mass is 16.1. The van der Waals surface area contributed by atoms with Crippen molar-refractivity contribution >= 4 is 11.4 Å². The molecule has 0 aromatic heterocycles. The van der Waals surface area contributed by atoms with Gasteiger partial charge in [0.05, 0.1) is 0 Å². The molecule has 0 radical (unpaired) electrons. The summed E-state index contributed by atoms with van der Waals surface area (Å²) >= 11 is 0. The lowest BCUT2D eigenvalue weighted by atomic mass is 9.89. The Kier molecular flexibility index (Phi) is 1.60. The van der Waals surface area contributed by atoms with E-state index in [1.165, 1.54) is 22.3 Å². The fraction of sp³-hybridized carbons (Fsp3) is 0.308. The van der Waals surface area contributed by atoms with Crippen molar-refractivity contribution in [3.8, 4) is 0 Å². The molecule has 14 heavy (non-hydrogen) atoms. The molecule has 0 atom stereocenters. The summed E-state index contributed by atoms with van der Waals surface area (Å²) in [5.74, 6) is 0.385. The van der Waals surface area contributed by atoms with Crippen molar-refractivity contribution in [2.24, 2.45) is 0 Å². The van der Waals surface area contributed by atoms with E-state index in [2.05, 4.69) is 24.3 Å². The van der Waals surface area contributed by atoms with Crippen LogP contribution in [0.5, 0.6) is 0 Å². The van der Waals surface area contributed by atoms with E-state index in [1.807, 2.05) is 0 Å². The number of carbonyl (C=O) groups is 1. The molecule has 0 heterocycles. The monoisotopic (exact) mass is 184 g/mol. The van der Waals surface area contributed by atoms with Gasteiger partial charge in [-0.15, -0.1) is 0 Å². The van der Waals surface area contributed by atoms with Crippen LogP contribution in [0.1, 0.15) is 29.5 Å². The number of benzene rings is 1. The van der Waals surface area contributed by atoms with Crippen LogP contribution in [0.2, 0.25) is 0 Å². The van der Waals surface area contributed by atoms with Crippen molar-refractivity contribution in [1.29, 1.82) is 0 Å².